The number of benzene rings is 1. The second-order valence-corrected chi connectivity index (χ2v) is 4.23. The number of pyridine rings is 1. The monoisotopic (exact) mass is 312 g/mol. The van der Waals surface area contributed by atoms with Gasteiger partial charge < -0.3 is 21.3 Å². The van der Waals surface area contributed by atoms with Gasteiger partial charge in [-0.25, -0.2) is 0 Å². The molecule has 120 valence electrons. The summed E-state index contributed by atoms with van der Waals surface area (Å²) < 4.78 is 5.03. The molecule has 0 unspecified atom stereocenters. The third-order valence-corrected chi connectivity index (χ3v) is 2.94. The van der Waals surface area contributed by atoms with Gasteiger partial charge in [0.25, 0.3) is 0 Å². The number of nitrogens with zero attached hydrogens (tertiary/aromatic N) is 2. The molecule has 0 spiro atoms. The number of methoxy groups -OCH3 is 1. The zero-order valence-electron chi connectivity index (χ0n) is 13.4. The van der Waals surface area contributed by atoms with E-state index < -0.39 is 0 Å². The van der Waals surface area contributed by atoms with Crippen LogP contribution in [0.1, 0.15) is 25.1 Å². The van der Waals surface area contributed by atoms with Gasteiger partial charge >= 0.3 is 0 Å². The Kier molecular flexibility index (Phi) is 6.44. The summed E-state index contributed by atoms with van der Waals surface area (Å²) in [4.78, 5) is 4.11. The standard InChI is InChI=1S/C15H14N4O2.C2H6/c1-21-13-7-9(6-11(17)15(13)20)14(18)10(8-16)12-4-2-3-5-19-12;1-2/h2-7,20H,17-18H2,1H3;1-2H3/b14-10-;. The van der Waals surface area contributed by atoms with Crippen molar-refractivity contribution >= 4 is 17.0 Å². The highest BCUT2D eigenvalue weighted by molar-refractivity contribution is 5.95. The Morgan fingerprint density at radius 3 is 2.52 bits per heavy atom. The van der Waals surface area contributed by atoms with Crippen molar-refractivity contribution < 1.29 is 9.84 Å². The van der Waals surface area contributed by atoms with Crippen LogP contribution in [0.15, 0.2) is 36.5 Å². The van der Waals surface area contributed by atoms with Crippen molar-refractivity contribution in [1.29, 1.82) is 5.26 Å². The first-order valence-electron chi connectivity index (χ1n) is 7.06. The Morgan fingerprint density at radius 1 is 1.30 bits per heavy atom. The predicted molar refractivity (Wildman–Crippen MR) is 91.3 cm³/mol. The van der Waals surface area contributed by atoms with Crippen molar-refractivity contribution in [3.8, 4) is 17.6 Å². The van der Waals surface area contributed by atoms with Crippen LogP contribution < -0.4 is 16.2 Å². The molecule has 6 heteroatoms. The Hall–Kier alpha value is -3.20. The molecule has 5 N–H and O–H groups in total. The van der Waals surface area contributed by atoms with Crippen LogP contribution in [0.2, 0.25) is 0 Å². The van der Waals surface area contributed by atoms with Crippen molar-refractivity contribution in [2.24, 2.45) is 5.73 Å². The number of aromatic nitrogens is 1. The predicted octanol–water partition coefficient (Wildman–Crippen LogP) is 2.75. The van der Waals surface area contributed by atoms with Crippen LogP contribution in [0.4, 0.5) is 5.69 Å². The van der Waals surface area contributed by atoms with Crippen LogP contribution in [0.5, 0.6) is 11.5 Å². The number of hydrogen-bond acceptors (Lipinski definition) is 6. The van der Waals surface area contributed by atoms with E-state index in [9.17, 15) is 10.4 Å². The smallest absolute Gasteiger partial charge is 0.181 e. The molecule has 0 atom stereocenters. The van der Waals surface area contributed by atoms with Gasteiger partial charge in [-0.3, -0.25) is 4.98 Å². The van der Waals surface area contributed by atoms with Crippen molar-refractivity contribution in [2.45, 2.75) is 13.8 Å². The zero-order valence-corrected chi connectivity index (χ0v) is 13.4. The van der Waals surface area contributed by atoms with Crippen LogP contribution in [0.3, 0.4) is 0 Å². The first kappa shape index (κ1) is 17.9. The highest BCUT2D eigenvalue weighted by atomic mass is 16.5. The molecule has 2 rings (SSSR count). The Labute approximate surface area is 135 Å². The van der Waals surface area contributed by atoms with E-state index in [2.05, 4.69) is 4.98 Å². The van der Waals surface area contributed by atoms with Crippen molar-refractivity contribution in [3.05, 3.63) is 47.8 Å². The number of ether oxygens (including phenoxy) is 1. The van der Waals surface area contributed by atoms with E-state index in [0.717, 1.165) is 0 Å². The molecule has 0 saturated heterocycles. The second-order valence-electron chi connectivity index (χ2n) is 4.23. The van der Waals surface area contributed by atoms with Crippen LogP contribution in [-0.4, -0.2) is 17.2 Å². The van der Waals surface area contributed by atoms with Gasteiger partial charge in [0.2, 0.25) is 0 Å². The van der Waals surface area contributed by atoms with Gasteiger partial charge in [0.05, 0.1) is 24.2 Å². The number of rotatable bonds is 3. The maximum Gasteiger partial charge on any atom is 0.181 e. The first-order valence-corrected chi connectivity index (χ1v) is 7.06. The van der Waals surface area contributed by atoms with Crippen LogP contribution in [-0.2, 0) is 0 Å². The first-order chi connectivity index (χ1) is 11.1. The third kappa shape index (κ3) is 3.92. The summed E-state index contributed by atoms with van der Waals surface area (Å²) in [5.74, 6) is 0.0247. The van der Waals surface area contributed by atoms with Gasteiger partial charge in [-0.1, -0.05) is 19.9 Å². The highest BCUT2D eigenvalue weighted by Gasteiger charge is 2.14. The average Bonchev–Trinajstić information content (AvgIpc) is 2.60. The maximum absolute atomic E-state index is 9.73. The van der Waals surface area contributed by atoms with E-state index in [1.54, 1.807) is 24.4 Å². The number of nitriles is 1. The molecule has 1 aromatic carbocycles. The fourth-order valence-corrected chi connectivity index (χ4v) is 1.85. The van der Waals surface area contributed by atoms with Gasteiger partial charge in [0, 0.05) is 11.8 Å². The summed E-state index contributed by atoms with van der Waals surface area (Å²) in [5, 5.41) is 19.1. The molecule has 2 aromatic rings. The minimum Gasteiger partial charge on any atom is -0.503 e. The van der Waals surface area contributed by atoms with Gasteiger partial charge in [-0.05, 0) is 24.3 Å². The van der Waals surface area contributed by atoms with E-state index in [-0.39, 0.29) is 28.5 Å². The molecule has 0 saturated carbocycles. The van der Waals surface area contributed by atoms with Crippen molar-refractivity contribution in [2.75, 3.05) is 12.8 Å². The highest BCUT2D eigenvalue weighted by Crippen LogP contribution is 2.35. The molecule has 1 heterocycles. The molecule has 1 aromatic heterocycles. The van der Waals surface area contributed by atoms with E-state index in [1.165, 1.54) is 19.2 Å². The lowest BCUT2D eigenvalue weighted by Crippen LogP contribution is -2.03. The number of phenolic OH excluding ortho intramolecular Hbond substituents is 1. The summed E-state index contributed by atoms with van der Waals surface area (Å²) in [7, 11) is 1.40. The number of aromatic hydroxyl groups is 1. The van der Waals surface area contributed by atoms with Crippen molar-refractivity contribution in [1.82, 2.24) is 4.98 Å². The molecule has 0 aliphatic carbocycles. The fraction of sp³-hybridized carbons (Fsp3) is 0.176. The Morgan fingerprint density at radius 2 is 2.00 bits per heavy atom. The van der Waals surface area contributed by atoms with Gasteiger partial charge in [-0.15, -0.1) is 0 Å². The lowest BCUT2D eigenvalue weighted by atomic mass is 10.0. The summed E-state index contributed by atoms with van der Waals surface area (Å²) >= 11 is 0. The molecule has 0 aliphatic heterocycles. The van der Waals surface area contributed by atoms with Crippen LogP contribution in [0, 0.1) is 11.3 Å². The second kappa shape index (κ2) is 8.29. The lowest BCUT2D eigenvalue weighted by molar-refractivity contribution is 0.374. The number of hydrogen-bond donors (Lipinski definition) is 3. The molecule has 0 aliphatic rings. The number of anilines is 1. The van der Waals surface area contributed by atoms with E-state index >= 15 is 0 Å². The molecular weight excluding hydrogens is 292 g/mol. The summed E-state index contributed by atoms with van der Waals surface area (Å²) in [6.45, 7) is 4.00. The summed E-state index contributed by atoms with van der Waals surface area (Å²) in [6.07, 6.45) is 1.58. The number of nitrogens with two attached hydrogens (primary N) is 2. The Balaban J connectivity index is 0.00000127. The van der Waals surface area contributed by atoms with Crippen LogP contribution >= 0.6 is 0 Å². The quantitative estimate of drug-likeness (QED) is 0.455. The van der Waals surface area contributed by atoms with Gasteiger partial charge in [0.1, 0.15) is 11.6 Å². The molecule has 0 radical (unpaired) electrons. The SMILES string of the molecule is CC.COc1cc(/C(N)=C(\C#N)c2ccccn2)cc(N)c1O. The zero-order chi connectivity index (χ0) is 17.4. The van der Waals surface area contributed by atoms with E-state index in [0.29, 0.717) is 11.3 Å². The van der Waals surface area contributed by atoms with E-state index in [4.69, 9.17) is 16.2 Å². The van der Waals surface area contributed by atoms with Gasteiger partial charge in [0.15, 0.2) is 11.5 Å². The summed E-state index contributed by atoms with van der Waals surface area (Å²) in [5.41, 5.74) is 13.2. The largest absolute Gasteiger partial charge is 0.503 e. The third-order valence-electron chi connectivity index (χ3n) is 2.94. The lowest BCUT2D eigenvalue weighted by Gasteiger charge is -2.11. The fourth-order valence-electron chi connectivity index (χ4n) is 1.85. The molecule has 23 heavy (non-hydrogen) atoms. The minimum atomic E-state index is -0.162. The molecule has 0 amide bonds. The van der Waals surface area contributed by atoms with Crippen molar-refractivity contribution in [3.63, 3.8) is 0 Å². The average molecular weight is 312 g/mol. The molecule has 6 nitrogen and oxygen atoms in total. The normalized spacial score (nSPS) is 10.7. The molecule has 0 fully saturated rings. The number of phenols is 1. The molecule has 0 bridgehead atoms. The Bertz CT molecular complexity index is 734. The number of nitrogen functional groups attached to an aromatic ring is 1. The maximum atomic E-state index is 9.73. The topological polar surface area (TPSA) is 118 Å². The van der Waals surface area contributed by atoms with Crippen LogP contribution in [0.25, 0.3) is 11.3 Å². The minimum absolute atomic E-state index is 0.116. The number of allylic oxidation sites excluding steroid dienone is 1. The molecular formula is C17H20N4O2. The van der Waals surface area contributed by atoms with E-state index in [1.807, 2.05) is 19.9 Å². The summed E-state index contributed by atoms with van der Waals surface area (Å²) in [6, 6.07) is 10.2. The van der Waals surface area contributed by atoms with Gasteiger partial charge in [-0.2, -0.15) is 5.26 Å².